The molecule has 1 aliphatic heterocycles. The van der Waals surface area contributed by atoms with Gasteiger partial charge >= 0.3 is 10.4 Å². The Morgan fingerprint density at radius 3 is 2.39 bits per heavy atom. The number of nitrogens with two attached hydrogens (primary N) is 1. The van der Waals surface area contributed by atoms with Crippen LogP contribution in [0.1, 0.15) is 19.3 Å². The van der Waals surface area contributed by atoms with Crippen LogP contribution in [0.5, 0.6) is 0 Å². The summed E-state index contributed by atoms with van der Waals surface area (Å²) in [4.78, 5) is 2.04. The van der Waals surface area contributed by atoms with E-state index in [4.69, 9.17) is 10.3 Å². The fraction of sp³-hybridized carbons (Fsp3) is 0.538. The molecule has 3 N–H and O–H groups in total. The fourth-order valence-electron chi connectivity index (χ4n) is 2.53. The molecule has 0 unspecified atom stereocenters. The zero-order valence-corrected chi connectivity index (χ0v) is 14.1. The van der Waals surface area contributed by atoms with E-state index in [-0.39, 0.29) is 4.90 Å². The van der Waals surface area contributed by atoms with Gasteiger partial charge in [0.1, 0.15) is 0 Å². The number of sulfone groups is 1. The topological polar surface area (TPSA) is 127 Å². The van der Waals surface area contributed by atoms with Gasteiger partial charge in [0.2, 0.25) is 0 Å². The molecular formula is C13H20N2O6S2. The van der Waals surface area contributed by atoms with Crippen molar-refractivity contribution < 1.29 is 25.6 Å². The van der Waals surface area contributed by atoms with Gasteiger partial charge in [0, 0.05) is 18.8 Å². The van der Waals surface area contributed by atoms with Crippen LogP contribution in [-0.4, -0.2) is 46.8 Å². The molecule has 0 atom stereocenters. The van der Waals surface area contributed by atoms with Crippen molar-refractivity contribution in [1.29, 1.82) is 0 Å². The van der Waals surface area contributed by atoms with E-state index in [0.717, 1.165) is 32.4 Å². The van der Waals surface area contributed by atoms with Crippen molar-refractivity contribution in [1.82, 2.24) is 0 Å². The summed E-state index contributed by atoms with van der Waals surface area (Å²) in [6, 6.07) is 4.67. The van der Waals surface area contributed by atoms with Crippen LogP contribution in [0.25, 0.3) is 0 Å². The second kappa shape index (κ2) is 7.04. The van der Waals surface area contributed by atoms with Crippen LogP contribution < -0.4 is 10.6 Å². The molecule has 0 saturated carbocycles. The average molecular weight is 364 g/mol. The third kappa shape index (κ3) is 5.06. The summed E-state index contributed by atoms with van der Waals surface area (Å²) in [5, 5.41) is 0. The van der Waals surface area contributed by atoms with Crippen LogP contribution in [0, 0.1) is 0 Å². The van der Waals surface area contributed by atoms with E-state index in [1.807, 2.05) is 4.90 Å². The molecule has 1 aliphatic rings. The fourth-order valence-corrected chi connectivity index (χ4v) is 4.29. The summed E-state index contributed by atoms with van der Waals surface area (Å²) in [7, 11) is -8.47. The minimum absolute atomic E-state index is 0.0540. The smallest absolute Gasteiger partial charge is 0.397 e. The van der Waals surface area contributed by atoms with E-state index in [0.29, 0.717) is 11.4 Å². The first kappa shape index (κ1) is 18.0. The highest BCUT2D eigenvalue weighted by atomic mass is 32.3. The summed E-state index contributed by atoms with van der Waals surface area (Å²) in [6.07, 6.45) is 3.07. The lowest BCUT2D eigenvalue weighted by Gasteiger charge is -2.30. The number of rotatable bonds is 6. The molecule has 8 nitrogen and oxygen atoms in total. The van der Waals surface area contributed by atoms with Crippen molar-refractivity contribution >= 4 is 31.6 Å². The van der Waals surface area contributed by atoms with Crippen LogP contribution in [0.15, 0.2) is 23.1 Å². The number of benzene rings is 1. The van der Waals surface area contributed by atoms with Crippen LogP contribution in [-0.2, 0) is 24.4 Å². The summed E-state index contributed by atoms with van der Waals surface area (Å²) in [5.41, 5.74) is 6.57. The monoisotopic (exact) mass is 364 g/mol. The van der Waals surface area contributed by atoms with Crippen molar-refractivity contribution in [2.75, 3.05) is 36.1 Å². The number of piperidine rings is 1. The van der Waals surface area contributed by atoms with Crippen molar-refractivity contribution in [3.05, 3.63) is 18.2 Å². The molecule has 0 bridgehead atoms. The van der Waals surface area contributed by atoms with Gasteiger partial charge in [-0.05, 0) is 37.5 Å². The van der Waals surface area contributed by atoms with Gasteiger partial charge in [-0.15, -0.1) is 0 Å². The molecule has 1 saturated heterocycles. The van der Waals surface area contributed by atoms with E-state index in [1.165, 1.54) is 6.07 Å². The van der Waals surface area contributed by atoms with Crippen LogP contribution >= 0.6 is 0 Å². The van der Waals surface area contributed by atoms with Gasteiger partial charge < -0.3 is 10.6 Å². The molecule has 23 heavy (non-hydrogen) atoms. The Bertz CT molecular complexity index is 755. The summed E-state index contributed by atoms with van der Waals surface area (Å²) >= 11 is 0. The van der Waals surface area contributed by atoms with Gasteiger partial charge in [-0.3, -0.25) is 4.55 Å². The second-order valence-corrected chi connectivity index (χ2v) is 8.51. The highest BCUT2D eigenvalue weighted by Crippen LogP contribution is 2.30. The molecule has 0 aliphatic carbocycles. The van der Waals surface area contributed by atoms with Crippen molar-refractivity contribution in [2.45, 2.75) is 24.2 Å². The van der Waals surface area contributed by atoms with Gasteiger partial charge in [-0.25, -0.2) is 12.6 Å². The number of hydrogen-bond donors (Lipinski definition) is 2. The largest absolute Gasteiger partial charge is 0.399 e. The van der Waals surface area contributed by atoms with Crippen LogP contribution in [0.2, 0.25) is 0 Å². The van der Waals surface area contributed by atoms with Gasteiger partial charge in [-0.2, -0.15) is 8.42 Å². The van der Waals surface area contributed by atoms with Crippen molar-refractivity contribution in [2.24, 2.45) is 0 Å². The van der Waals surface area contributed by atoms with Crippen LogP contribution in [0.4, 0.5) is 11.4 Å². The number of nitrogens with zero attached hydrogens (tertiary/aromatic N) is 1. The molecule has 0 radical (unpaired) electrons. The zero-order chi connectivity index (χ0) is 17.1. The average Bonchev–Trinajstić information content (AvgIpc) is 2.46. The van der Waals surface area contributed by atoms with E-state index < -0.39 is 32.6 Å². The lowest BCUT2D eigenvalue weighted by atomic mass is 10.1. The molecular weight excluding hydrogens is 344 g/mol. The third-order valence-electron chi connectivity index (χ3n) is 3.60. The molecule has 10 heteroatoms. The summed E-state index contributed by atoms with van der Waals surface area (Å²) in [6.45, 7) is 0.858. The minimum atomic E-state index is -4.67. The van der Waals surface area contributed by atoms with E-state index in [1.54, 1.807) is 12.1 Å². The minimum Gasteiger partial charge on any atom is -0.399 e. The molecule has 0 spiro atoms. The Balaban J connectivity index is 2.27. The van der Waals surface area contributed by atoms with Gasteiger partial charge in [0.25, 0.3) is 0 Å². The quantitative estimate of drug-likeness (QED) is 0.562. The number of nitrogen functional groups attached to an aromatic ring is 1. The third-order valence-corrected chi connectivity index (χ3v) is 5.77. The molecule has 0 amide bonds. The first-order valence-electron chi connectivity index (χ1n) is 7.18. The van der Waals surface area contributed by atoms with Gasteiger partial charge in [0.05, 0.1) is 22.9 Å². The summed E-state index contributed by atoms with van der Waals surface area (Å²) < 4.78 is 58.7. The molecule has 1 aromatic carbocycles. The highest BCUT2D eigenvalue weighted by molar-refractivity contribution is 7.91. The van der Waals surface area contributed by atoms with Gasteiger partial charge in [0.15, 0.2) is 9.84 Å². The maximum Gasteiger partial charge on any atom is 0.397 e. The SMILES string of the molecule is Nc1ccc(N2CCCCC2)c(S(=O)(=O)CCOS(=O)(=O)O)c1. The van der Waals surface area contributed by atoms with Crippen LogP contribution in [0.3, 0.4) is 0 Å². The second-order valence-electron chi connectivity index (χ2n) is 5.34. The molecule has 130 valence electrons. The molecule has 1 aromatic rings. The van der Waals surface area contributed by atoms with Gasteiger partial charge in [-0.1, -0.05) is 0 Å². The van der Waals surface area contributed by atoms with E-state index >= 15 is 0 Å². The van der Waals surface area contributed by atoms with E-state index in [9.17, 15) is 16.8 Å². The Morgan fingerprint density at radius 2 is 1.78 bits per heavy atom. The van der Waals surface area contributed by atoms with E-state index in [2.05, 4.69) is 4.18 Å². The molecule has 1 fully saturated rings. The molecule has 0 aromatic heterocycles. The molecule has 1 heterocycles. The first-order valence-corrected chi connectivity index (χ1v) is 10.2. The molecule has 2 rings (SSSR count). The normalized spacial score (nSPS) is 16.5. The summed E-state index contributed by atoms with van der Waals surface area (Å²) in [5.74, 6) is -0.572. The Kier molecular flexibility index (Phi) is 5.50. The predicted molar refractivity (Wildman–Crippen MR) is 86.5 cm³/mol. The van der Waals surface area contributed by atoms with Crippen molar-refractivity contribution in [3.8, 4) is 0 Å². The zero-order valence-electron chi connectivity index (χ0n) is 12.5. The Morgan fingerprint density at radius 1 is 1.13 bits per heavy atom. The maximum absolute atomic E-state index is 12.5. The first-order chi connectivity index (χ1) is 10.7. The predicted octanol–water partition coefficient (Wildman–Crippen LogP) is 0.852. The Labute approximate surface area is 136 Å². The highest BCUT2D eigenvalue weighted by Gasteiger charge is 2.24. The Hall–Kier alpha value is -1.36. The lowest BCUT2D eigenvalue weighted by Crippen LogP contribution is -2.31. The maximum atomic E-state index is 12.5. The number of hydrogen-bond acceptors (Lipinski definition) is 7. The van der Waals surface area contributed by atoms with Crippen molar-refractivity contribution in [3.63, 3.8) is 0 Å². The number of anilines is 2. The lowest BCUT2D eigenvalue weighted by molar-refractivity contribution is 0.284. The standard InChI is InChI=1S/C13H20N2O6S2/c14-11-4-5-12(15-6-2-1-3-7-15)13(10-11)22(16,17)9-8-21-23(18,19)20/h4-5,10H,1-3,6-9,14H2,(H,18,19,20).